The smallest absolute Gasteiger partial charge is 0.307 e. The molecule has 38 heavy (non-hydrogen) atoms. The van der Waals surface area contributed by atoms with Gasteiger partial charge in [0, 0.05) is 0 Å². The number of alkyl halides is 17. The number of hydrogen-bond donors (Lipinski definition) is 0. The highest BCUT2D eigenvalue weighted by Crippen LogP contribution is 2.64. The Hall–Kier alpha value is -1.13. The third-order valence-electron chi connectivity index (χ3n) is 4.02. The summed E-state index contributed by atoms with van der Waals surface area (Å²) in [7, 11) is -12.9. The van der Waals surface area contributed by atoms with Crippen LogP contribution in [0.4, 0.5) is 74.6 Å². The van der Waals surface area contributed by atoms with E-state index in [1.165, 1.54) is 0 Å². The molecule has 0 fully saturated rings. The molecule has 0 saturated carbocycles. The molecule has 0 aromatic carbocycles. The molecule has 6 nitrogen and oxygen atoms in total. The fourth-order valence-electron chi connectivity index (χ4n) is 2.02. The van der Waals surface area contributed by atoms with Gasteiger partial charge < -0.3 is 9.05 Å². The van der Waals surface area contributed by atoms with Crippen LogP contribution < -0.4 is 0 Å². The number of hydrogen-bond acceptors (Lipinski definition) is 6. The van der Waals surface area contributed by atoms with Crippen LogP contribution in [0.3, 0.4) is 0 Å². The van der Waals surface area contributed by atoms with E-state index in [0.29, 0.717) is 0 Å². The number of rotatable bonds is 14. The van der Waals surface area contributed by atoms with Gasteiger partial charge in [-0.2, -0.15) is 83.1 Å². The zero-order valence-corrected chi connectivity index (χ0v) is 19.6. The van der Waals surface area contributed by atoms with E-state index in [1.54, 1.807) is 0 Å². The molecule has 0 aliphatic heterocycles. The highest BCUT2D eigenvalue weighted by Gasteiger charge is 2.96. The maximum Gasteiger partial charge on any atom is 0.460 e. The molecule has 0 aliphatic carbocycles. The fraction of sp³-hybridized carbons (Fsp3) is 1.00. The summed E-state index contributed by atoms with van der Waals surface area (Å²) >= 11 is 0. The Morgan fingerprint density at radius 3 is 1.13 bits per heavy atom. The standard InChI is InChI=1S/C13H12F17O6PS/c1-3-34-37(31,35-4-2)5-36-38(32,33)13(29,30)11(24,25)9(20,21)7(16,17)6(14,15)8(18,19)10(22,23)12(26,27)28/h3-5H2,1-2H3. The van der Waals surface area contributed by atoms with Crippen LogP contribution in [0.2, 0.25) is 0 Å². The Morgan fingerprint density at radius 1 is 0.553 bits per heavy atom. The second kappa shape index (κ2) is 10.4. The van der Waals surface area contributed by atoms with Crippen LogP contribution in [0.1, 0.15) is 13.8 Å². The first-order chi connectivity index (χ1) is 16.3. The Kier molecular flexibility index (Phi) is 10.1. The van der Waals surface area contributed by atoms with Gasteiger partial charge in [0.05, 0.1) is 13.2 Å². The van der Waals surface area contributed by atoms with Gasteiger partial charge in [-0.15, -0.1) is 0 Å². The summed E-state index contributed by atoms with van der Waals surface area (Å²) in [4.78, 5) is 0. The van der Waals surface area contributed by atoms with E-state index in [9.17, 15) is 87.6 Å². The van der Waals surface area contributed by atoms with Gasteiger partial charge in [0.25, 0.3) is 0 Å². The molecule has 0 amide bonds. The van der Waals surface area contributed by atoms with E-state index < -0.39 is 84.2 Å². The third-order valence-corrected chi connectivity index (χ3v) is 7.26. The first-order valence-electron chi connectivity index (χ1n) is 8.81. The molecule has 0 saturated heterocycles. The van der Waals surface area contributed by atoms with Crippen molar-refractivity contribution in [3.05, 3.63) is 0 Å². The lowest BCUT2D eigenvalue weighted by Gasteiger charge is -2.42. The van der Waals surface area contributed by atoms with Gasteiger partial charge in [0.1, 0.15) is 0 Å². The monoisotopic (exact) mass is 650 g/mol. The fourth-order valence-corrected chi connectivity index (χ4v) is 4.69. The van der Waals surface area contributed by atoms with Crippen LogP contribution in [0.5, 0.6) is 0 Å². The molecule has 0 radical (unpaired) electrons. The van der Waals surface area contributed by atoms with Crippen molar-refractivity contribution in [2.24, 2.45) is 0 Å². The van der Waals surface area contributed by atoms with Gasteiger partial charge in [-0.25, -0.2) is 0 Å². The average molecular weight is 650 g/mol. The molecule has 0 unspecified atom stereocenters. The van der Waals surface area contributed by atoms with Gasteiger partial charge in [0.15, 0.2) is 6.35 Å². The van der Waals surface area contributed by atoms with E-state index >= 15 is 0 Å². The molecule has 0 rings (SSSR count). The lowest BCUT2D eigenvalue weighted by molar-refractivity contribution is -0.458. The minimum Gasteiger partial charge on any atom is -0.307 e. The molecular weight excluding hydrogens is 638 g/mol. The Morgan fingerprint density at radius 2 is 0.842 bits per heavy atom. The maximum atomic E-state index is 13.9. The van der Waals surface area contributed by atoms with Crippen molar-refractivity contribution in [3.63, 3.8) is 0 Å². The lowest BCUT2D eigenvalue weighted by atomic mass is 9.91. The first-order valence-corrected chi connectivity index (χ1v) is 11.9. The van der Waals surface area contributed by atoms with Crippen LogP contribution in [0.25, 0.3) is 0 Å². The average Bonchev–Trinajstić information content (AvgIpc) is 2.71. The SMILES string of the molecule is CCOP(=O)(COS(=O)(=O)C(F)(F)C(F)(F)C(F)(F)C(F)(F)C(F)(F)C(F)(F)C(F)(F)C(F)(F)F)OCC. The molecular formula is C13H12F17O6PS. The Bertz CT molecular complexity index is 983. The van der Waals surface area contributed by atoms with Crippen molar-refractivity contribution in [1.29, 1.82) is 0 Å². The summed E-state index contributed by atoms with van der Waals surface area (Å²) in [5, 5.41) is -7.88. The third kappa shape index (κ3) is 5.42. The van der Waals surface area contributed by atoms with Gasteiger partial charge in [-0.1, -0.05) is 0 Å². The zero-order chi connectivity index (χ0) is 31.2. The summed E-state index contributed by atoms with van der Waals surface area (Å²) in [5.41, 5.74) is 0. The summed E-state index contributed by atoms with van der Waals surface area (Å²) in [6.07, 6.45) is -10.3. The molecule has 0 heterocycles. The second-order valence-electron chi connectivity index (χ2n) is 6.61. The highest BCUT2D eigenvalue weighted by atomic mass is 32.2. The van der Waals surface area contributed by atoms with Gasteiger partial charge in [-0.05, 0) is 13.8 Å². The van der Waals surface area contributed by atoms with Crippen LogP contribution in [0.15, 0.2) is 0 Å². The summed E-state index contributed by atoms with van der Waals surface area (Å²) in [6.45, 7) is 0.514. The zero-order valence-electron chi connectivity index (χ0n) is 17.9. The first kappa shape index (κ1) is 36.9. The normalized spacial score (nSPS) is 16.2. The largest absolute Gasteiger partial charge is 0.460 e. The van der Waals surface area contributed by atoms with Crippen molar-refractivity contribution in [2.75, 3.05) is 19.6 Å². The van der Waals surface area contributed by atoms with Crippen LogP contribution in [-0.4, -0.2) is 74.9 Å². The molecule has 0 spiro atoms. The van der Waals surface area contributed by atoms with E-state index in [2.05, 4.69) is 13.2 Å². The van der Waals surface area contributed by atoms with Gasteiger partial charge >= 0.3 is 64.7 Å². The van der Waals surface area contributed by atoms with Gasteiger partial charge in [-0.3, -0.25) is 8.75 Å². The van der Waals surface area contributed by atoms with Gasteiger partial charge in [0.2, 0.25) is 0 Å². The maximum absolute atomic E-state index is 13.9. The molecule has 0 bridgehead atoms. The van der Waals surface area contributed by atoms with Crippen molar-refractivity contribution < 1.29 is 101 Å². The summed E-state index contributed by atoms with van der Waals surface area (Å²) in [6, 6.07) is 0. The quantitative estimate of drug-likeness (QED) is 0.121. The van der Waals surface area contributed by atoms with E-state index in [0.717, 1.165) is 13.8 Å². The van der Waals surface area contributed by atoms with Crippen LogP contribution in [0, 0.1) is 0 Å². The van der Waals surface area contributed by atoms with E-state index in [-0.39, 0.29) is 0 Å². The van der Waals surface area contributed by atoms with E-state index in [1.807, 2.05) is 0 Å². The topological polar surface area (TPSA) is 78.9 Å². The Balaban J connectivity index is 6.77. The molecule has 0 N–H and O–H groups in total. The predicted molar refractivity (Wildman–Crippen MR) is 86.4 cm³/mol. The molecule has 0 atom stereocenters. The second-order valence-corrected chi connectivity index (χ2v) is 10.3. The van der Waals surface area contributed by atoms with Crippen molar-refractivity contribution in [2.45, 2.75) is 60.8 Å². The minimum atomic E-state index is -8.97. The van der Waals surface area contributed by atoms with Crippen molar-refractivity contribution in [1.82, 2.24) is 0 Å². The molecule has 0 aromatic rings. The molecule has 0 aromatic heterocycles. The lowest BCUT2D eigenvalue weighted by Crippen LogP contribution is -2.75. The van der Waals surface area contributed by atoms with Crippen LogP contribution >= 0.6 is 7.60 Å². The summed E-state index contributed by atoms with van der Waals surface area (Å²) in [5.74, 6) is -52.4. The Labute approximate surface area is 200 Å². The number of halogens is 17. The minimum absolute atomic E-state index is 0.719. The molecule has 0 aliphatic rings. The van der Waals surface area contributed by atoms with E-state index in [4.69, 9.17) is 0 Å². The summed E-state index contributed by atoms with van der Waals surface area (Å²) < 4.78 is 271. The highest BCUT2D eigenvalue weighted by molar-refractivity contribution is 7.88. The van der Waals surface area contributed by atoms with Crippen molar-refractivity contribution in [3.8, 4) is 0 Å². The predicted octanol–water partition coefficient (Wildman–Crippen LogP) is 6.52. The molecule has 230 valence electrons. The molecule has 25 heteroatoms. The van der Waals surface area contributed by atoms with Crippen molar-refractivity contribution >= 4 is 17.7 Å². The van der Waals surface area contributed by atoms with Crippen LogP contribution in [-0.2, 0) is 27.9 Å².